The molecule has 0 fully saturated rings. The molecule has 0 saturated carbocycles. The molecule has 0 rings (SSSR count). The molecule has 0 saturated heterocycles. The summed E-state index contributed by atoms with van der Waals surface area (Å²) in [6, 6.07) is 0. The second-order valence-electron chi connectivity index (χ2n) is 2.81. The number of carbonyl (C=O) groups is 3. The van der Waals surface area contributed by atoms with Crippen LogP contribution in [0.3, 0.4) is 0 Å². The topological polar surface area (TPSA) is 69.7 Å². The second-order valence-corrected chi connectivity index (χ2v) is 3.37. The largest absolute Gasteiger partial charge is 0.468 e. The molecule has 0 amide bonds. The first-order valence-electron chi connectivity index (χ1n) is 4.30. The molecule has 0 aliphatic carbocycles. The maximum Gasteiger partial charge on any atom is 0.320 e. The maximum absolute atomic E-state index is 11.2. The van der Waals surface area contributed by atoms with E-state index >= 15 is 0 Å². The van der Waals surface area contributed by atoms with E-state index in [1.165, 1.54) is 14.2 Å². The van der Waals surface area contributed by atoms with Gasteiger partial charge >= 0.3 is 11.9 Å². The number of alkyl halides is 1. The quantitative estimate of drug-likeness (QED) is 0.407. The molecular weight excluding hydrogens is 268 g/mol. The van der Waals surface area contributed by atoms with Crippen LogP contribution in [0.4, 0.5) is 0 Å². The lowest BCUT2D eigenvalue weighted by atomic mass is 10.0. The molecule has 0 radical (unpaired) electrons. The highest BCUT2D eigenvalue weighted by atomic mass is 79.9. The summed E-state index contributed by atoms with van der Waals surface area (Å²) in [5.74, 6) is -2.44. The molecule has 0 bridgehead atoms. The maximum atomic E-state index is 11.2. The van der Waals surface area contributed by atoms with Gasteiger partial charge in [0.2, 0.25) is 0 Å². The molecule has 0 aromatic rings. The first-order valence-corrected chi connectivity index (χ1v) is 5.42. The standard InChI is InChI=1S/C9H13BrO5/c1-14-8(12)7(9(13)15-2)4-3-6(11)5-10/h7H,3-5H2,1-2H3. The van der Waals surface area contributed by atoms with Gasteiger partial charge in [-0.15, -0.1) is 0 Å². The molecule has 0 aromatic carbocycles. The van der Waals surface area contributed by atoms with Crippen LogP contribution < -0.4 is 0 Å². The first kappa shape index (κ1) is 14.1. The number of rotatable bonds is 6. The molecule has 5 nitrogen and oxygen atoms in total. The number of Topliss-reactive ketones (excluding diaryl/α,β-unsaturated/α-hetero) is 1. The van der Waals surface area contributed by atoms with Gasteiger partial charge in [-0.3, -0.25) is 14.4 Å². The number of methoxy groups -OCH3 is 2. The fourth-order valence-electron chi connectivity index (χ4n) is 0.989. The Morgan fingerprint density at radius 2 is 1.60 bits per heavy atom. The monoisotopic (exact) mass is 280 g/mol. The van der Waals surface area contributed by atoms with Crippen LogP contribution in [-0.2, 0) is 23.9 Å². The zero-order valence-corrected chi connectivity index (χ0v) is 10.2. The van der Waals surface area contributed by atoms with Crippen LogP contribution in [0.25, 0.3) is 0 Å². The van der Waals surface area contributed by atoms with Crippen molar-refractivity contribution in [3.8, 4) is 0 Å². The number of hydrogen-bond acceptors (Lipinski definition) is 5. The fourth-order valence-corrected chi connectivity index (χ4v) is 1.27. The predicted octanol–water partition coefficient (Wildman–Crippen LogP) is 0.693. The van der Waals surface area contributed by atoms with Crippen LogP contribution in [0.15, 0.2) is 0 Å². The molecule has 0 aliphatic rings. The summed E-state index contributed by atoms with van der Waals surface area (Å²) in [4.78, 5) is 33.3. The lowest BCUT2D eigenvalue weighted by Gasteiger charge is -2.11. The first-order chi connectivity index (χ1) is 7.06. The molecule has 0 N–H and O–H groups in total. The van der Waals surface area contributed by atoms with Crippen LogP contribution in [0.2, 0.25) is 0 Å². The van der Waals surface area contributed by atoms with Crippen molar-refractivity contribution in [2.45, 2.75) is 12.8 Å². The van der Waals surface area contributed by atoms with E-state index in [1.807, 2.05) is 0 Å². The molecular formula is C9H13BrO5. The lowest BCUT2D eigenvalue weighted by Crippen LogP contribution is -2.27. The average Bonchev–Trinajstić information content (AvgIpc) is 2.27. The summed E-state index contributed by atoms with van der Waals surface area (Å²) >= 11 is 2.99. The lowest BCUT2D eigenvalue weighted by molar-refractivity contribution is -0.159. The van der Waals surface area contributed by atoms with Gasteiger partial charge in [0.05, 0.1) is 19.5 Å². The SMILES string of the molecule is COC(=O)C(CCC(=O)CBr)C(=O)OC. The van der Waals surface area contributed by atoms with Gasteiger partial charge in [0.25, 0.3) is 0 Å². The van der Waals surface area contributed by atoms with Crippen molar-refractivity contribution in [1.29, 1.82) is 0 Å². The highest BCUT2D eigenvalue weighted by Crippen LogP contribution is 2.11. The van der Waals surface area contributed by atoms with E-state index in [4.69, 9.17) is 0 Å². The summed E-state index contributed by atoms with van der Waals surface area (Å²) in [6.07, 6.45) is 0.254. The van der Waals surface area contributed by atoms with E-state index in [0.29, 0.717) is 0 Å². The Balaban J connectivity index is 4.32. The minimum absolute atomic E-state index is 0.0761. The summed E-state index contributed by atoms with van der Waals surface area (Å²) in [5, 5.41) is 0.210. The van der Waals surface area contributed by atoms with Crippen LogP contribution >= 0.6 is 15.9 Å². The third-order valence-electron chi connectivity index (χ3n) is 1.83. The van der Waals surface area contributed by atoms with Crippen molar-refractivity contribution in [1.82, 2.24) is 0 Å². The van der Waals surface area contributed by atoms with Crippen molar-refractivity contribution >= 4 is 33.7 Å². The molecule has 15 heavy (non-hydrogen) atoms. The summed E-state index contributed by atoms with van der Waals surface area (Å²) in [7, 11) is 2.37. The van der Waals surface area contributed by atoms with Crippen molar-refractivity contribution in [2.75, 3.05) is 19.5 Å². The van der Waals surface area contributed by atoms with Gasteiger partial charge in [0, 0.05) is 6.42 Å². The van der Waals surface area contributed by atoms with Crippen molar-refractivity contribution in [3.05, 3.63) is 0 Å². The number of hydrogen-bond donors (Lipinski definition) is 0. The van der Waals surface area contributed by atoms with Gasteiger partial charge in [-0.25, -0.2) is 0 Å². The number of ketones is 1. The predicted molar refractivity (Wildman–Crippen MR) is 55.6 cm³/mol. The van der Waals surface area contributed by atoms with E-state index < -0.39 is 17.9 Å². The van der Waals surface area contributed by atoms with Crippen LogP contribution in [-0.4, -0.2) is 37.3 Å². The van der Waals surface area contributed by atoms with E-state index in [-0.39, 0.29) is 24.0 Å². The minimum Gasteiger partial charge on any atom is -0.468 e. The molecule has 0 atom stereocenters. The molecule has 0 spiro atoms. The molecule has 0 aliphatic heterocycles. The molecule has 0 heterocycles. The van der Waals surface area contributed by atoms with Gasteiger partial charge in [0.1, 0.15) is 5.78 Å². The van der Waals surface area contributed by atoms with Gasteiger partial charge in [-0.2, -0.15) is 0 Å². The zero-order chi connectivity index (χ0) is 11.8. The van der Waals surface area contributed by atoms with Gasteiger partial charge < -0.3 is 9.47 Å². The number of halogens is 1. The molecule has 0 aromatic heterocycles. The zero-order valence-electron chi connectivity index (χ0n) is 8.62. The van der Waals surface area contributed by atoms with Crippen molar-refractivity contribution in [3.63, 3.8) is 0 Å². The van der Waals surface area contributed by atoms with Crippen LogP contribution in [0.5, 0.6) is 0 Å². The van der Waals surface area contributed by atoms with Crippen molar-refractivity contribution in [2.24, 2.45) is 5.92 Å². The Labute approximate surface area is 96.2 Å². The third kappa shape index (κ3) is 4.92. The van der Waals surface area contributed by atoms with E-state index in [9.17, 15) is 14.4 Å². The summed E-state index contributed by atoms with van der Waals surface area (Å²) in [5.41, 5.74) is 0. The smallest absolute Gasteiger partial charge is 0.320 e. The Kier molecular flexibility index (Phi) is 6.94. The van der Waals surface area contributed by atoms with Gasteiger partial charge in [-0.05, 0) is 6.42 Å². The van der Waals surface area contributed by atoms with Crippen LogP contribution in [0, 0.1) is 5.92 Å². The molecule has 0 unspecified atom stereocenters. The third-order valence-corrected chi connectivity index (χ3v) is 2.46. The number of carbonyl (C=O) groups excluding carboxylic acids is 3. The van der Waals surface area contributed by atoms with Gasteiger partial charge in [0.15, 0.2) is 5.92 Å². The van der Waals surface area contributed by atoms with E-state index in [2.05, 4.69) is 25.4 Å². The van der Waals surface area contributed by atoms with Crippen LogP contribution in [0.1, 0.15) is 12.8 Å². The highest BCUT2D eigenvalue weighted by Gasteiger charge is 2.28. The Morgan fingerprint density at radius 3 is 1.93 bits per heavy atom. The van der Waals surface area contributed by atoms with Crippen molar-refractivity contribution < 1.29 is 23.9 Å². The number of ether oxygens (including phenoxy) is 2. The fraction of sp³-hybridized carbons (Fsp3) is 0.667. The number of esters is 2. The molecule has 6 heteroatoms. The Bertz CT molecular complexity index is 235. The highest BCUT2D eigenvalue weighted by molar-refractivity contribution is 9.09. The van der Waals surface area contributed by atoms with E-state index in [1.54, 1.807) is 0 Å². The molecule has 86 valence electrons. The minimum atomic E-state index is -1.01. The van der Waals surface area contributed by atoms with Gasteiger partial charge in [-0.1, -0.05) is 15.9 Å². The Hall–Kier alpha value is -0.910. The normalized spacial score (nSPS) is 9.87. The summed E-state index contributed by atoms with van der Waals surface area (Å²) < 4.78 is 8.88. The average molecular weight is 281 g/mol. The Morgan fingerprint density at radius 1 is 1.13 bits per heavy atom. The van der Waals surface area contributed by atoms with E-state index in [0.717, 1.165) is 0 Å². The summed E-state index contributed by atoms with van der Waals surface area (Å²) in [6.45, 7) is 0. The second kappa shape index (κ2) is 7.39.